The summed E-state index contributed by atoms with van der Waals surface area (Å²) in [6.45, 7) is 7.64. The van der Waals surface area contributed by atoms with Crippen LogP contribution in [-0.2, 0) is 9.59 Å². The third-order valence-corrected chi connectivity index (χ3v) is 5.96. The largest absolute Gasteiger partial charge is 0.349 e. The van der Waals surface area contributed by atoms with Gasteiger partial charge in [0.05, 0.1) is 0 Å². The Morgan fingerprint density at radius 3 is 2.27 bits per heavy atom. The SMILES string of the molecule is CCCN1C(=O)C(=Cc2ccc(F)cc2)CC1(C(=O)NC(C)(C)C)C(=O)c1ccc(Br)cc1. The van der Waals surface area contributed by atoms with Gasteiger partial charge in [0, 0.05) is 34.1 Å². The number of Topliss-reactive ketones (excluding diaryl/α,β-unsaturated/α-hetero) is 1. The number of likely N-dealkylation sites (tertiary alicyclic amines) is 1. The van der Waals surface area contributed by atoms with Gasteiger partial charge in [-0.3, -0.25) is 14.4 Å². The third kappa shape index (κ3) is 5.24. The molecule has 33 heavy (non-hydrogen) atoms. The van der Waals surface area contributed by atoms with Gasteiger partial charge < -0.3 is 10.2 Å². The first kappa shape index (κ1) is 24.8. The van der Waals surface area contributed by atoms with Gasteiger partial charge in [-0.05, 0) is 63.1 Å². The highest BCUT2D eigenvalue weighted by Crippen LogP contribution is 2.39. The summed E-state index contributed by atoms with van der Waals surface area (Å²) in [4.78, 5) is 42.5. The van der Waals surface area contributed by atoms with E-state index in [0.717, 1.165) is 4.47 Å². The summed E-state index contributed by atoms with van der Waals surface area (Å²) in [7, 11) is 0. The number of hydrogen-bond acceptors (Lipinski definition) is 3. The fourth-order valence-electron chi connectivity index (χ4n) is 3.98. The first-order chi connectivity index (χ1) is 15.5. The summed E-state index contributed by atoms with van der Waals surface area (Å²) in [6.07, 6.45) is 2.14. The predicted molar refractivity (Wildman–Crippen MR) is 130 cm³/mol. The highest BCUT2D eigenvalue weighted by molar-refractivity contribution is 9.10. The average Bonchev–Trinajstić information content (AvgIpc) is 3.02. The van der Waals surface area contributed by atoms with E-state index in [0.29, 0.717) is 23.1 Å². The number of hydrogen-bond donors (Lipinski definition) is 1. The van der Waals surface area contributed by atoms with Crippen LogP contribution < -0.4 is 5.32 Å². The van der Waals surface area contributed by atoms with E-state index in [1.807, 2.05) is 27.7 Å². The van der Waals surface area contributed by atoms with Crippen LogP contribution in [0.1, 0.15) is 56.5 Å². The molecular formula is C26H28BrFN2O3. The normalized spacial score (nSPS) is 19.8. The van der Waals surface area contributed by atoms with Crippen molar-refractivity contribution in [1.29, 1.82) is 0 Å². The molecule has 0 spiro atoms. The summed E-state index contributed by atoms with van der Waals surface area (Å²) in [5.41, 5.74) is -1.00. The summed E-state index contributed by atoms with van der Waals surface area (Å²) in [6, 6.07) is 12.5. The highest BCUT2D eigenvalue weighted by atomic mass is 79.9. The van der Waals surface area contributed by atoms with Crippen LogP contribution >= 0.6 is 15.9 Å². The number of benzene rings is 2. The Labute approximate surface area is 202 Å². The smallest absolute Gasteiger partial charge is 0.254 e. The molecule has 1 aliphatic rings. The van der Waals surface area contributed by atoms with Gasteiger partial charge in [0.25, 0.3) is 11.8 Å². The molecule has 1 N–H and O–H groups in total. The summed E-state index contributed by atoms with van der Waals surface area (Å²) < 4.78 is 14.2. The van der Waals surface area contributed by atoms with Crippen LogP contribution in [0.5, 0.6) is 0 Å². The zero-order chi connectivity index (χ0) is 24.4. The zero-order valence-electron chi connectivity index (χ0n) is 19.2. The van der Waals surface area contributed by atoms with E-state index < -0.39 is 22.8 Å². The van der Waals surface area contributed by atoms with Crippen LogP contribution in [0, 0.1) is 5.82 Å². The molecule has 2 aromatic rings. The Hall–Kier alpha value is -2.80. The quantitative estimate of drug-likeness (QED) is 0.329. The van der Waals surface area contributed by atoms with Crippen LogP contribution in [-0.4, -0.2) is 40.1 Å². The lowest BCUT2D eigenvalue weighted by molar-refractivity contribution is -0.139. The predicted octanol–water partition coefficient (Wildman–Crippen LogP) is 5.15. The average molecular weight is 515 g/mol. The van der Waals surface area contributed by atoms with Gasteiger partial charge in [0.2, 0.25) is 0 Å². The van der Waals surface area contributed by atoms with E-state index in [4.69, 9.17) is 0 Å². The maximum Gasteiger partial charge on any atom is 0.254 e. The molecule has 3 rings (SSSR count). The van der Waals surface area contributed by atoms with Gasteiger partial charge >= 0.3 is 0 Å². The molecule has 7 heteroatoms. The number of amides is 2. The van der Waals surface area contributed by atoms with Gasteiger partial charge in [-0.15, -0.1) is 0 Å². The van der Waals surface area contributed by atoms with E-state index in [1.165, 1.54) is 17.0 Å². The fourth-order valence-corrected chi connectivity index (χ4v) is 4.24. The van der Waals surface area contributed by atoms with E-state index in [2.05, 4.69) is 21.2 Å². The minimum atomic E-state index is -1.71. The Kier molecular flexibility index (Phi) is 7.22. The Morgan fingerprint density at radius 1 is 1.12 bits per heavy atom. The molecule has 1 unspecified atom stereocenters. The number of nitrogens with zero attached hydrogens (tertiary/aromatic N) is 1. The minimum Gasteiger partial charge on any atom is -0.349 e. The zero-order valence-corrected chi connectivity index (χ0v) is 20.8. The molecule has 1 heterocycles. The molecule has 1 atom stereocenters. The molecule has 0 bridgehead atoms. The first-order valence-electron chi connectivity index (χ1n) is 10.9. The number of ketones is 1. The van der Waals surface area contributed by atoms with Crippen LogP contribution in [0.4, 0.5) is 4.39 Å². The number of nitrogens with one attached hydrogen (secondary N) is 1. The maximum atomic E-state index is 13.9. The van der Waals surface area contributed by atoms with Gasteiger partial charge in [-0.25, -0.2) is 4.39 Å². The second-order valence-corrected chi connectivity index (χ2v) is 10.2. The second kappa shape index (κ2) is 9.59. The molecule has 1 saturated heterocycles. The van der Waals surface area contributed by atoms with Crippen molar-refractivity contribution < 1.29 is 18.8 Å². The third-order valence-electron chi connectivity index (χ3n) is 5.43. The van der Waals surface area contributed by atoms with Crippen molar-refractivity contribution >= 4 is 39.6 Å². The lowest BCUT2D eigenvalue weighted by Gasteiger charge is -2.37. The van der Waals surface area contributed by atoms with E-state index in [9.17, 15) is 18.8 Å². The fraction of sp³-hybridized carbons (Fsp3) is 0.346. The van der Waals surface area contributed by atoms with Crippen molar-refractivity contribution in [2.75, 3.05) is 6.54 Å². The molecule has 5 nitrogen and oxygen atoms in total. The summed E-state index contributed by atoms with van der Waals surface area (Å²) in [5, 5.41) is 2.93. The molecule has 2 aromatic carbocycles. The summed E-state index contributed by atoms with van der Waals surface area (Å²) in [5.74, 6) is -1.68. The van der Waals surface area contributed by atoms with Gasteiger partial charge in [0.15, 0.2) is 11.3 Å². The monoisotopic (exact) mass is 514 g/mol. The summed E-state index contributed by atoms with van der Waals surface area (Å²) >= 11 is 3.37. The number of carbonyl (C=O) groups excluding carboxylic acids is 3. The van der Waals surface area contributed by atoms with E-state index in [-0.39, 0.29) is 24.7 Å². The molecule has 0 aliphatic carbocycles. The molecule has 0 radical (unpaired) electrons. The van der Waals surface area contributed by atoms with Crippen molar-refractivity contribution in [3.05, 3.63) is 75.5 Å². The Bertz CT molecular complexity index is 1090. The minimum absolute atomic E-state index is 0.0694. The van der Waals surface area contributed by atoms with E-state index >= 15 is 0 Å². The molecule has 2 amide bonds. The van der Waals surface area contributed by atoms with Gasteiger partial charge in [-0.2, -0.15) is 0 Å². The van der Waals surface area contributed by atoms with Crippen molar-refractivity contribution in [2.45, 2.75) is 51.6 Å². The maximum absolute atomic E-state index is 13.9. The number of carbonyl (C=O) groups is 3. The van der Waals surface area contributed by atoms with Crippen LogP contribution in [0.15, 0.2) is 58.6 Å². The Morgan fingerprint density at radius 2 is 1.73 bits per heavy atom. The lowest BCUT2D eigenvalue weighted by atomic mass is 9.83. The topological polar surface area (TPSA) is 66.5 Å². The standard InChI is InChI=1S/C26H28BrFN2O3/c1-5-14-30-23(32)19(15-17-6-12-21(28)13-7-17)16-26(30,24(33)29-25(2,3)4)22(31)18-8-10-20(27)11-9-18/h6-13,15H,5,14,16H2,1-4H3,(H,29,33). The van der Waals surface area contributed by atoms with Gasteiger partial charge in [-0.1, -0.05) is 47.1 Å². The molecule has 1 fully saturated rings. The lowest BCUT2D eigenvalue weighted by Crippen LogP contribution is -2.64. The highest BCUT2D eigenvalue weighted by Gasteiger charge is 2.58. The molecule has 1 aliphatic heterocycles. The molecular weight excluding hydrogens is 487 g/mol. The van der Waals surface area contributed by atoms with Crippen molar-refractivity contribution in [1.82, 2.24) is 10.2 Å². The van der Waals surface area contributed by atoms with Crippen molar-refractivity contribution in [3.8, 4) is 0 Å². The molecule has 0 aromatic heterocycles. The van der Waals surface area contributed by atoms with Crippen LogP contribution in [0.3, 0.4) is 0 Å². The van der Waals surface area contributed by atoms with E-state index in [1.54, 1.807) is 42.5 Å². The van der Waals surface area contributed by atoms with Crippen LogP contribution in [0.2, 0.25) is 0 Å². The van der Waals surface area contributed by atoms with Crippen LogP contribution in [0.25, 0.3) is 6.08 Å². The Balaban J connectivity index is 2.16. The first-order valence-corrected chi connectivity index (χ1v) is 11.7. The number of rotatable bonds is 6. The van der Waals surface area contributed by atoms with Crippen molar-refractivity contribution in [3.63, 3.8) is 0 Å². The molecule has 174 valence electrons. The van der Waals surface area contributed by atoms with Crippen molar-refractivity contribution in [2.24, 2.45) is 0 Å². The van der Waals surface area contributed by atoms with Gasteiger partial charge in [0.1, 0.15) is 5.82 Å². The second-order valence-electron chi connectivity index (χ2n) is 9.26. The molecule has 0 saturated carbocycles. The number of halogens is 2.